The Bertz CT molecular complexity index is 1930. The van der Waals surface area contributed by atoms with Crippen LogP contribution < -0.4 is 5.32 Å². The number of H-pyrrole nitrogens is 2. The highest BCUT2D eigenvalue weighted by atomic mass is 16.5. The fourth-order valence-corrected chi connectivity index (χ4v) is 7.56. The Hall–Kier alpha value is -5.40. The monoisotopic (exact) mass is 712 g/mol. The number of ether oxygens (including phenoxy) is 1. The van der Waals surface area contributed by atoms with E-state index in [4.69, 9.17) is 9.72 Å². The van der Waals surface area contributed by atoms with Gasteiger partial charge in [0.2, 0.25) is 11.8 Å². The standard InChI is InChI=1S/C38H48N8O6/c1-21(2)31(43-37(49)52-6)35(47)45-17-7-9-29(45)33-39-20-28(42-33)24-13-11-23(12-14-24)25-15-16-26-27(19-25)41-34(40-26)30-10-8-18-46(30)36(48)32(22(3)4)44(5)38(50)51/h11-16,19-22,29-32H,7-10,17-18H2,1-6H3,(H,39,42)(H,40,41)(H,43,49)(H,50,51)/t29-,30-,31-,32-/m0/s1. The van der Waals surface area contributed by atoms with Gasteiger partial charge in [0, 0.05) is 20.1 Å². The molecular formula is C38H48N8O6. The SMILES string of the molecule is COC(=O)N[C@H](C(=O)N1CCC[C@H]1c1ncc(-c2ccc(-c3ccc4nc([C@@H]5CCCN5C(=O)[C@H](C(C)C)N(C)C(=O)O)[nH]c4c3)cc2)[nH]1)C(C)C. The van der Waals surface area contributed by atoms with Crippen molar-refractivity contribution >= 4 is 35.0 Å². The quantitative estimate of drug-likeness (QED) is 0.156. The molecule has 0 aliphatic carbocycles. The maximum Gasteiger partial charge on any atom is 0.407 e. The minimum Gasteiger partial charge on any atom is -0.465 e. The normalized spacial score (nSPS) is 18.6. The number of hydrogen-bond donors (Lipinski definition) is 4. The fraction of sp³-hybridized carbons (Fsp3) is 0.474. The number of imidazole rings is 2. The van der Waals surface area contributed by atoms with Gasteiger partial charge in [-0.3, -0.25) is 14.5 Å². The molecule has 14 heteroatoms. The van der Waals surface area contributed by atoms with Gasteiger partial charge in [-0.05, 0) is 66.3 Å². The lowest BCUT2D eigenvalue weighted by atomic mass is 10.0. The first kappa shape index (κ1) is 36.4. The molecule has 0 saturated carbocycles. The van der Waals surface area contributed by atoms with Crippen molar-refractivity contribution in [3.05, 3.63) is 60.3 Å². The summed E-state index contributed by atoms with van der Waals surface area (Å²) in [5.41, 5.74) is 5.46. The molecule has 0 bridgehead atoms. The molecule has 6 rings (SSSR count). The van der Waals surface area contributed by atoms with Gasteiger partial charge >= 0.3 is 12.2 Å². The van der Waals surface area contributed by atoms with Crippen LogP contribution in [0.2, 0.25) is 0 Å². The predicted molar refractivity (Wildman–Crippen MR) is 195 cm³/mol. The third-order valence-electron chi connectivity index (χ3n) is 10.3. The zero-order valence-corrected chi connectivity index (χ0v) is 30.6. The summed E-state index contributed by atoms with van der Waals surface area (Å²) in [5, 5.41) is 12.3. The minimum absolute atomic E-state index is 0.111. The van der Waals surface area contributed by atoms with Crippen LogP contribution in [-0.2, 0) is 14.3 Å². The van der Waals surface area contributed by atoms with Gasteiger partial charge in [-0.2, -0.15) is 0 Å². The number of methoxy groups -OCH3 is 1. The van der Waals surface area contributed by atoms with Gasteiger partial charge in [0.15, 0.2) is 0 Å². The number of nitrogens with one attached hydrogen (secondary N) is 3. The third kappa shape index (κ3) is 7.19. The van der Waals surface area contributed by atoms with Gasteiger partial charge < -0.3 is 34.9 Å². The third-order valence-corrected chi connectivity index (χ3v) is 10.3. The maximum absolute atomic E-state index is 13.6. The number of amides is 4. The summed E-state index contributed by atoms with van der Waals surface area (Å²) in [6, 6.07) is 12.3. The molecule has 276 valence electrons. The Labute approximate surface area is 302 Å². The molecule has 2 aliphatic rings. The van der Waals surface area contributed by atoms with Crippen molar-refractivity contribution in [3.8, 4) is 22.4 Å². The highest BCUT2D eigenvalue weighted by molar-refractivity contribution is 5.87. The number of carboxylic acid groups (broad SMARTS) is 1. The van der Waals surface area contributed by atoms with Crippen molar-refractivity contribution in [1.82, 2.24) is 40.0 Å². The van der Waals surface area contributed by atoms with Crippen molar-refractivity contribution < 1.29 is 29.0 Å². The van der Waals surface area contributed by atoms with Crippen LogP contribution in [0.25, 0.3) is 33.4 Å². The van der Waals surface area contributed by atoms with Crippen molar-refractivity contribution in [1.29, 1.82) is 0 Å². The molecule has 4 amide bonds. The Morgan fingerprint density at radius 1 is 0.865 bits per heavy atom. The second kappa shape index (κ2) is 15.1. The summed E-state index contributed by atoms with van der Waals surface area (Å²) in [5.74, 6) is 0.774. The number of benzene rings is 2. The lowest BCUT2D eigenvalue weighted by molar-refractivity contribution is -0.138. The molecule has 52 heavy (non-hydrogen) atoms. The van der Waals surface area contributed by atoms with Gasteiger partial charge in [0.05, 0.1) is 42.1 Å². The number of aromatic nitrogens is 4. The molecule has 0 unspecified atom stereocenters. The summed E-state index contributed by atoms with van der Waals surface area (Å²) in [6.45, 7) is 8.65. The molecule has 4 aromatic rings. The summed E-state index contributed by atoms with van der Waals surface area (Å²) in [4.78, 5) is 71.9. The molecule has 4 heterocycles. The number of alkyl carbamates (subject to hydrolysis) is 1. The zero-order valence-electron chi connectivity index (χ0n) is 30.6. The number of likely N-dealkylation sites (N-methyl/N-ethyl adjacent to an activating group) is 1. The van der Waals surface area contributed by atoms with E-state index in [2.05, 4.69) is 26.3 Å². The average Bonchev–Trinajstić information content (AvgIpc) is 3.95. The van der Waals surface area contributed by atoms with Gasteiger partial charge in [-0.25, -0.2) is 19.6 Å². The molecule has 2 saturated heterocycles. The topological polar surface area (TPSA) is 177 Å². The summed E-state index contributed by atoms with van der Waals surface area (Å²) in [7, 11) is 2.73. The molecule has 2 aromatic heterocycles. The molecule has 4 atom stereocenters. The molecule has 14 nitrogen and oxygen atoms in total. The molecule has 0 spiro atoms. The van der Waals surface area contributed by atoms with Crippen LogP contribution in [0.5, 0.6) is 0 Å². The summed E-state index contributed by atoms with van der Waals surface area (Å²) < 4.78 is 4.75. The average molecular weight is 713 g/mol. The van der Waals surface area contributed by atoms with E-state index in [1.54, 1.807) is 16.0 Å². The Morgan fingerprint density at radius 2 is 1.48 bits per heavy atom. The fourth-order valence-electron chi connectivity index (χ4n) is 7.56. The maximum atomic E-state index is 13.6. The highest BCUT2D eigenvalue weighted by Crippen LogP contribution is 2.35. The van der Waals surface area contributed by atoms with Crippen molar-refractivity contribution in [3.63, 3.8) is 0 Å². The van der Waals surface area contributed by atoms with Gasteiger partial charge in [-0.15, -0.1) is 0 Å². The van der Waals surface area contributed by atoms with Gasteiger partial charge in [-0.1, -0.05) is 58.0 Å². The number of fused-ring (bicyclic) bond motifs is 1. The van der Waals surface area contributed by atoms with Gasteiger partial charge in [0.1, 0.15) is 23.7 Å². The highest BCUT2D eigenvalue weighted by Gasteiger charge is 2.40. The zero-order chi connectivity index (χ0) is 37.3. The second-order valence-electron chi connectivity index (χ2n) is 14.4. The minimum atomic E-state index is -1.13. The number of aromatic amines is 2. The molecule has 2 fully saturated rings. The van der Waals surface area contributed by atoms with E-state index < -0.39 is 24.3 Å². The summed E-state index contributed by atoms with van der Waals surface area (Å²) >= 11 is 0. The van der Waals surface area contributed by atoms with Crippen LogP contribution in [0.15, 0.2) is 48.7 Å². The lowest BCUT2D eigenvalue weighted by Crippen LogP contribution is -2.51. The van der Waals surface area contributed by atoms with Crippen molar-refractivity contribution in [2.75, 3.05) is 27.2 Å². The molecular weight excluding hydrogens is 664 g/mol. The van der Waals surface area contributed by atoms with Crippen LogP contribution in [0, 0.1) is 11.8 Å². The van der Waals surface area contributed by atoms with Crippen LogP contribution >= 0.6 is 0 Å². The van der Waals surface area contributed by atoms with E-state index in [-0.39, 0.29) is 35.7 Å². The number of likely N-dealkylation sites (tertiary alicyclic amines) is 2. The van der Waals surface area contributed by atoms with E-state index in [0.29, 0.717) is 24.7 Å². The first-order valence-corrected chi connectivity index (χ1v) is 17.9. The summed E-state index contributed by atoms with van der Waals surface area (Å²) in [6.07, 6.45) is 3.20. The lowest BCUT2D eigenvalue weighted by Gasteiger charge is -2.33. The molecule has 0 radical (unpaired) electrons. The number of rotatable bonds is 10. The van der Waals surface area contributed by atoms with E-state index in [0.717, 1.165) is 64.0 Å². The predicted octanol–water partition coefficient (Wildman–Crippen LogP) is 5.96. The van der Waals surface area contributed by atoms with Crippen LogP contribution in [-0.4, -0.2) is 103 Å². The number of hydrogen-bond acceptors (Lipinski definition) is 7. The van der Waals surface area contributed by atoms with Crippen molar-refractivity contribution in [2.45, 2.75) is 77.5 Å². The van der Waals surface area contributed by atoms with Crippen LogP contribution in [0.3, 0.4) is 0 Å². The van der Waals surface area contributed by atoms with Gasteiger partial charge in [0.25, 0.3) is 0 Å². The Kier molecular flexibility index (Phi) is 10.5. The molecule has 2 aliphatic heterocycles. The second-order valence-corrected chi connectivity index (χ2v) is 14.4. The van der Waals surface area contributed by atoms with E-state index in [9.17, 15) is 24.3 Å². The van der Waals surface area contributed by atoms with Crippen LogP contribution in [0.4, 0.5) is 9.59 Å². The van der Waals surface area contributed by atoms with E-state index in [1.165, 1.54) is 14.2 Å². The number of carbonyl (C=O) groups is 4. The smallest absolute Gasteiger partial charge is 0.407 e. The van der Waals surface area contributed by atoms with Crippen molar-refractivity contribution in [2.24, 2.45) is 11.8 Å². The largest absolute Gasteiger partial charge is 0.465 e. The Morgan fingerprint density at radius 3 is 2.10 bits per heavy atom. The van der Waals surface area contributed by atoms with E-state index >= 15 is 0 Å². The number of nitrogens with zero attached hydrogens (tertiary/aromatic N) is 5. The molecule has 2 aromatic carbocycles. The first-order chi connectivity index (χ1) is 24.9. The molecule has 4 N–H and O–H groups in total. The number of carbonyl (C=O) groups excluding carboxylic acids is 3. The van der Waals surface area contributed by atoms with E-state index in [1.807, 2.05) is 64.1 Å². The first-order valence-electron chi connectivity index (χ1n) is 17.9. The van der Waals surface area contributed by atoms with Crippen LogP contribution in [0.1, 0.15) is 77.1 Å². The Balaban J connectivity index is 1.17.